The van der Waals surface area contributed by atoms with Crippen molar-refractivity contribution in [3.63, 3.8) is 0 Å². The van der Waals surface area contributed by atoms with Gasteiger partial charge in [0.2, 0.25) is 0 Å². The molecule has 1 saturated carbocycles. The summed E-state index contributed by atoms with van der Waals surface area (Å²) < 4.78 is 0. The van der Waals surface area contributed by atoms with Gasteiger partial charge < -0.3 is 0 Å². The molecule has 0 bridgehead atoms. The molecule has 0 radical (unpaired) electrons. The highest BCUT2D eigenvalue weighted by Gasteiger charge is 2.44. The number of rotatable bonds is 11. The van der Waals surface area contributed by atoms with Crippen LogP contribution in [0, 0.1) is 23.2 Å². The topological polar surface area (TPSA) is 0 Å². The van der Waals surface area contributed by atoms with Crippen LogP contribution >= 0.6 is 0 Å². The molecule has 0 amide bonds. The Labute approximate surface area is 134 Å². The fourth-order valence-corrected chi connectivity index (χ4v) is 3.68. The van der Waals surface area contributed by atoms with E-state index in [1.165, 1.54) is 51.4 Å². The van der Waals surface area contributed by atoms with Gasteiger partial charge >= 0.3 is 0 Å². The lowest BCUT2D eigenvalue weighted by Gasteiger charge is -2.19. The quantitative estimate of drug-likeness (QED) is 0.354. The highest BCUT2D eigenvalue weighted by molar-refractivity contribution is 5.04. The van der Waals surface area contributed by atoms with Crippen LogP contribution in [0.4, 0.5) is 0 Å². The number of hydrogen-bond donors (Lipinski definition) is 0. The maximum absolute atomic E-state index is 2.51. The average molecular weight is 291 g/mol. The van der Waals surface area contributed by atoms with Gasteiger partial charge in [0.25, 0.3) is 0 Å². The van der Waals surface area contributed by atoms with E-state index in [9.17, 15) is 0 Å². The van der Waals surface area contributed by atoms with Gasteiger partial charge in [-0.1, -0.05) is 65.3 Å². The van der Waals surface area contributed by atoms with Crippen molar-refractivity contribution in [3.8, 4) is 0 Å². The predicted molar refractivity (Wildman–Crippen MR) is 96.5 cm³/mol. The summed E-state index contributed by atoms with van der Waals surface area (Å²) in [5, 5.41) is 0. The van der Waals surface area contributed by atoms with Crippen molar-refractivity contribution in [3.05, 3.63) is 24.3 Å². The first-order valence-electron chi connectivity index (χ1n) is 9.37. The fourth-order valence-electron chi connectivity index (χ4n) is 3.68. The minimum absolute atomic E-state index is 0.691. The maximum atomic E-state index is 2.51. The molecule has 0 nitrogen and oxygen atoms in total. The van der Waals surface area contributed by atoms with E-state index in [1.807, 2.05) is 0 Å². The van der Waals surface area contributed by atoms with Crippen LogP contribution in [0.3, 0.4) is 0 Å². The summed E-state index contributed by atoms with van der Waals surface area (Å²) in [6.07, 6.45) is 20.5. The lowest BCUT2D eigenvalue weighted by atomic mass is 9.86. The van der Waals surface area contributed by atoms with Crippen LogP contribution in [0.15, 0.2) is 24.3 Å². The molecule has 0 aliphatic heterocycles. The second kappa shape index (κ2) is 9.49. The molecule has 1 rings (SSSR count). The van der Waals surface area contributed by atoms with Crippen molar-refractivity contribution in [2.75, 3.05) is 0 Å². The highest BCUT2D eigenvalue weighted by atomic mass is 14.5. The van der Waals surface area contributed by atoms with Gasteiger partial charge in [0, 0.05) is 0 Å². The van der Waals surface area contributed by atoms with E-state index in [-0.39, 0.29) is 0 Å². The van der Waals surface area contributed by atoms with Gasteiger partial charge in [-0.2, -0.15) is 0 Å². The zero-order valence-electron chi connectivity index (χ0n) is 15.2. The summed E-state index contributed by atoms with van der Waals surface area (Å²) in [6, 6.07) is 0. The van der Waals surface area contributed by atoms with E-state index in [0.717, 1.165) is 17.8 Å². The van der Waals surface area contributed by atoms with Crippen LogP contribution in [-0.2, 0) is 0 Å². The lowest BCUT2D eigenvalue weighted by Crippen LogP contribution is -2.10. The van der Waals surface area contributed by atoms with Gasteiger partial charge in [0.15, 0.2) is 0 Å². The smallest absolute Gasteiger partial charge is 0.0205 e. The highest BCUT2D eigenvalue weighted by Crippen LogP contribution is 2.55. The van der Waals surface area contributed by atoms with Crippen molar-refractivity contribution in [1.29, 1.82) is 0 Å². The number of hydrogen-bond acceptors (Lipinski definition) is 0. The van der Waals surface area contributed by atoms with Gasteiger partial charge in [0.05, 0.1) is 0 Å². The van der Waals surface area contributed by atoms with E-state index < -0.39 is 0 Å². The zero-order valence-corrected chi connectivity index (χ0v) is 15.2. The van der Waals surface area contributed by atoms with Crippen LogP contribution in [0.2, 0.25) is 0 Å². The summed E-state index contributed by atoms with van der Waals surface area (Å²) in [5.74, 6) is 2.37. The van der Waals surface area contributed by atoms with Crippen molar-refractivity contribution < 1.29 is 0 Å². The molecule has 21 heavy (non-hydrogen) atoms. The molecular formula is C21H38. The zero-order chi connectivity index (χ0) is 15.7. The van der Waals surface area contributed by atoms with Crippen LogP contribution in [0.25, 0.3) is 0 Å². The van der Waals surface area contributed by atoms with Crippen molar-refractivity contribution in [1.82, 2.24) is 0 Å². The Kier molecular flexibility index (Phi) is 8.37. The van der Waals surface area contributed by atoms with Crippen molar-refractivity contribution >= 4 is 0 Å². The molecule has 1 aliphatic carbocycles. The molecule has 0 aromatic heterocycles. The number of allylic oxidation sites excluding steroid dienone is 4. The van der Waals surface area contributed by atoms with Crippen LogP contribution < -0.4 is 0 Å². The van der Waals surface area contributed by atoms with E-state index in [1.54, 1.807) is 0 Å². The van der Waals surface area contributed by atoms with Gasteiger partial charge in [-0.15, -0.1) is 0 Å². The second-order valence-electron chi connectivity index (χ2n) is 7.56. The first-order chi connectivity index (χ1) is 10.0. The Hall–Kier alpha value is -0.520. The monoisotopic (exact) mass is 290 g/mol. The molecule has 0 N–H and O–H groups in total. The fraction of sp³-hybridized carbons (Fsp3) is 0.810. The van der Waals surface area contributed by atoms with Crippen LogP contribution in [0.1, 0.15) is 86.0 Å². The third-order valence-corrected chi connectivity index (χ3v) is 5.33. The molecule has 0 heteroatoms. The minimum atomic E-state index is 0.691. The molecule has 3 unspecified atom stereocenters. The normalized spacial score (nSPS) is 21.8. The van der Waals surface area contributed by atoms with Gasteiger partial charge in [-0.05, 0) is 68.1 Å². The molecule has 0 aromatic carbocycles. The molecule has 0 aromatic rings. The summed E-state index contributed by atoms with van der Waals surface area (Å²) in [5.41, 5.74) is 0.691. The molecule has 3 atom stereocenters. The van der Waals surface area contributed by atoms with E-state index in [2.05, 4.69) is 58.9 Å². The van der Waals surface area contributed by atoms with Crippen LogP contribution in [0.5, 0.6) is 0 Å². The molecule has 1 aliphatic rings. The third-order valence-electron chi connectivity index (χ3n) is 5.33. The summed E-state index contributed by atoms with van der Waals surface area (Å²) in [4.78, 5) is 0. The van der Waals surface area contributed by atoms with Gasteiger partial charge in [-0.25, -0.2) is 0 Å². The summed E-state index contributed by atoms with van der Waals surface area (Å²) >= 11 is 0. The Morgan fingerprint density at radius 2 is 1.71 bits per heavy atom. The summed E-state index contributed by atoms with van der Waals surface area (Å²) in [7, 11) is 0. The Balaban J connectivity index is 2.20. The lowest BCUT2D eigenvalue weighted by molar-refractivity contribution is 0.361. The minimum Gasteiger partial charge on any atom is -0.0885 e. The molecular weight excluding hydrogens is 252 g/mol. The summed E-state index contributed by atoms with van der Waals surface area (Å²) in [6.45, 7) is 11.7. The first-order valence-corrected chi connectivity index (χ1v) is 9.37. The van der Waals surface area contributed by atoms with E-state index >= 15 is 0 Å². The average Bonchev–Trinajstić information content (AvgIpc) is 3.22. The molecule has 0 spiro atoms. The molecule has 1 fully saturated rings. The van der Waals surface area contributed by atoms with Crippen molar-refractivity contribution in [2.45, 2.75) is 86.0 Å². The van der Waals surface area contributed by atoms with Gasteiger partial charge in [-0.3, -0.25) is 0 Å². The van der Waals surface area contributed by atoms with Gasteiger partial charge in [0.1, 0.15) is 0 Å². The molecule has 0 heterocycles. The largest absolute Gasteiger partial charge is 0.0885 e. The van der Waals surface area contributed by atoms with Crippen molar-refractivity contribution in [2.24, 2.45) is 23.2 Å². The maximum Gasteiger partial charge on any atom is -0.0205 e. The Bertz CT molecular complexity index is 319. The SMILES string of the molecule is CCC=CC(C)CC(C)CCC=CC(C)C1(CCC)CC1. The standard InChI is InChI=1S/C21H38/c1-6-8-11-18(3)17-19(4)12-9-10-13-20(5)21(14-7-2)15-16-21/h8,10-11,13,18-20H,6-7,9,12,14-17H2,1-5H3. The second-order valence-corrected chi connectivity index (χ2v) is 7.56. The predicted octanol–water partition coefficient (Wildman–Crippen LogP) is 7.17. The van der Waals surface area contributed by atoms with E-state index in [4.69, 9.17) is 0 Å². The third kappa shape index (κ3) is 6.85. The molecule has 122 valence electrons. The molecule has 0 saturated heterocycles. The Morgan fingerprint density at radius 3 is 2.29 bits per heavy atom. The van der Waals surface area contributed by atoms with E-state index in [0.29, 0.717) is 5.41 Å². The first kappa shape index (κ1) is 18.5. The van der Waals surface area contributed by atoms with Crippen LogP contribution in [-0.4, -0.2) is 0 Å². The Morgan fingerprint density at radius 1 is 1.00 bits per heavy atom.